The van der Waals surface area contributed by atoms with Crippen molar-refractivity contribution in [1.29, 1.82) is 0 Å². The van der Waals surface area contributed by atoms with E-state index in [0.717, 1.165) is 28.7 Å². The average Bonchev–Trinajstić information content (AvgIpc) is 3.58. The first-order valence-electron chi connectivity index (χ1n) is 13.7. The summed E-state index contributed by atoms with van der Waals surface area (Å²) in [5, 5.41) is 6.26. The first-order chi connectivity index (χ1) is 18.7. The van der Waals surface area contributed by atoms with Crippen LogP contribution >= 0.6 is 23.4 Å². The zero-order valence-electron chi connectivity index (χ0n) is 24.8. The quantitative estimate of drug-likeness (QED) is 0.318. The number of carbonyl (C=O) groups excluding carboxylic acids is 3. The molecule has 218 valence electrons. The summed E-state index contributed by atoms with van der Waals surface area (Å²) in [4.78, 5) is 43.1. The topological polar surface area (TPSA) is 87.7 Å². The summed E-state index contributed by atoms with van der Waals surface area (Å²) in [5.41, 5.74) is 3.25. The Morgan fingerprint density at radius 2 is 1.80 bits per heavy atom. The van der Waals surface area contributed by atoms with Crippen LogP contribution in [-0.4, -0.2) is 52.5 Å². The van der Waals surface area contributed by atoms with Gasteiger partial charge in [-0.1, -0.05) is 54.4 Å². The van der Waals surface area contributed by atoms with Crippen molar-refractivity contribution in [3.8, 4) is 0 Å². The fourth-order valence-electron chi connectivity index (χ4n) is 4.75. The number of hydrogen-bond acceptors (Lipinski definition) is 5. The van der Waals surface area contributed by atoms with Gasteiger partial charge in [-0.15, -0.1) is 0 Å². The van der Waals surface area contributed by atoms with Gasteiger partial charge >= 0.3 is 6.09 Å². The van der Waals surface area contributed by atoms with Crippen LogP contribution in [0.5, 0.6) is 0 Å². The highest BCUT2D eigenvalue weighted by atomic mass is 35.5. The van der Waals surface area contributed by atoms with Crippen LogP contribution in [0.4, 0.5) is 10.5 Å². The average molecular weight is 588 g/mol. The molecule has 4 atom stereocenters. The van der Waals surface area contributed by atoms with E-state index in [1.807, 2.05) is 57.4 Å². The van der Waals surface area contributed by atoms with Gasteiger partial charge in [0.05, 0.1) is 10.7 Å². The molecule has 0 saturated heterocycles. The molecule has 0 bridgehead atoms. The molecule has 1 aliphatic carbocycles. The fourth-order valence-corrected chi connectivity index (χ4v) is 5.49. The van der Waals surface area contributed by atoms with E-state index in [1.165, 1.54) is 0 Å². The molecule has 0 aromatic heterocycles. The summed E-state index contributed by atoms with van der Waals surface area (Å²) in [5.74, 6) is 0.220. The minimum absolute atomic E-state index is 0.146. The van der Waals surface area contributed by atoms with Crippen LogP contribution in [0.15, 0.2) is 36.4 Å². The highest BCUT2D eigenvalue weighted by Crippen LogP contribution is 2.42. The van der Waals surface area contributed by atoms with Gasteiger partial charge in [-0.25, -0.2) is 4.79 Å². The molecule has 2 aromatic rings. The molecular formula is C31H42ClN3O4S. The van der Waals surface area contributed by atoms with Gasteiger partial charge in [-0.2, -0.15) is 11.8 Å². The Hall–Kier alpha value is -2.71. The van der Waals surface area contributed by atoms with E-state index < -0.39 is 23.8 Å². The van der Waals surface area contributed by atoms with E-state index in [2.05, 4.69) is 17.6 Å². The minimum Gasteiger partial charge on any atom is -0.444 e. The van der Waals surface area contributed by atoms with Gasteiger partial charge in [-0.05, 0) is 95.1 Å². The lowest BCUT2D eigenvalue weighted by Crippen LogP contribution is -2.53. The molecule has 0 heterocycles. The second-order valence-electron chi connectivity index (χ2n) is 11.7. The smallest absolute Gasteiger partial charge is 0.408 e. The largest absolute Gasteiger partial charge is 0.444 e. The third-order valence-electron chi connectivity index (χ3n) is 7.00. The first kappa shape index (κ1) is 31.8. The molecular weight excluding hydrogens is 546 g/mol. The molecule has 0 spiro atoms. The van der Waals surface area contributed by atoms with Gasteiger partial charge in [-0.3, -0.25) is 9.59 Å². The minimum atomic E-state index is -0.921. The fraction of sp³-hybridized carbons (Fsp3) is 0.516. The van der Waals surface area contributed by atoms with Crippen molar-refractivity contribution in [3.05, 3.63) is 63.7 Å². The van der Waals surface area contributed by atoms with Crippen LogP contribution in [-0.2, 0) is 14.3 Å². The number of carbonyl (C=O) groups is 3. The highest BCUT2D eigenvalue weighted by Gasteiger charge is 2.48. The zero-order chi connectivity index (χ0) is 29.8. The van der Waals surface area contributed by atoms with E-state index in [4.69, 9.17) is 16.3 Å². The predicted molar refractivity (Wildman–Crippen MR) is 164 cm³/mol. The number of thioether (sulfide) groups is 1. The number of halogens is 1. The molecule has 2 aromatic carbocycles. The number of benzene rings is 2. The van der Waals surface area contributed by atoms with Crippen LogP contribution < -0.4 is 10.6 Å². The maximum absolute atomic E-state index is 14.4. The number of amides is 3. The monoisotopic (exact) mass is 587 g/mol. The Balaban J connectivity index is 2.09. The SMILES string of the molecule is CSCCC(NC(=O)OC(C)(C)C)C(=O)N(C(C(=O)Nc1c(C)cccc1Cl)c1cc(C)ccc1C)C1CC1C. The molecule has 3 rings (SSSR count). The van der Waals surface area contributed by atoms with Crippen LogP contribution in [0.1, 0.15) is 68.8 Å². The van der Waals surface area contributed by atoms with Crippen LogP contribution in [0, 0.1) is 26.7 Å². The number of para-hydroxylation sites is 1. The predicted octanol–water partition coefficient (Wildman–Crippen LogP) is 6.83. The van der Waals surface area contributed by atoms with Gasteiger partial charge in [0, 0.05) is 6.04 Å². The molecule has 0 aliphatic heterocycles. The molecule has 4 unspecified atom stereocenters. The van der Waals surface area contributed by atoms with Crippen molar-refractivity contribution in [2.45, 2.75) is 85.0 Å². The van der Waals surface area contributed by atoms with Crippen LogP contribution in [0.25, 0.3) is 0 Å². The second-order valence-corrected chi connectivity index (χ2v) is 13.1. The Morgan fingerprint density at radius 3 is 2.38 bits per heavy atom. The van der Waals surface area contributed by atoms with Gasteiger partial charge in [0.2, 0.25) is 5.91 Å². The molecule has 7 nitrogen and oxygen atoms in total. The number of aryl methyl sites for hydroxylation is 3. The molecule has 0 radical (unpaired) electrons. The Morgan fingerprint density at radius 1 is 1.12 bits per heavy atom. The van der Waals surface area contributed by atoms with E-state index in [-0.39, 0.29) is 23.8 Å². The second kappa shape index (κ2) is 13.3. The summed E-state index contributed by atoms with van der Waals surface area (Å²) >= 11 is 8.07. The van der Waals surface area contributed by atoms with Crippen molar-refractivity contribution in [1.82, 2.24) is 10.2 Å². The normalized spacial score (nSPS) is 17.9. The van der Waals surface area contributed by atoms with Crippen LogP contribution in [0.3, 0.4) is 0 Å². The summed E-state index contributed by atoms with van der Waals surface area (Å²) in [6.45, 7) is 13.2. The van der Waals surface area contributed by atoms with Crippen molar-refractivity contribution in [2.75, 3.05) is 17.3 Å². The van der Waals surface area contributed by atoms with Crippen LogP contribution in [0.2, 0.25) is 5.02 Å². The number of ether oxygens (including phenoxy) is 1. The Kier molecular flexibility index (Phi) is 10.6. The van der Waals surface area contributed by atoms with Gasteiger partial charge in [0.1, 0.15) is 17.7 Å². The van der Waals surface area contributed by atoms with E-state index in [0.29, 0.717) is 22.9 Å². The number of rotatable bonds is 10. The third-order valence-corrected chi connectivity index (χ3v) is 7.96. The Bertz CT molecular complexity index is 1230. The number of hydrogen-bond donors (Lipinski definition) is 2. The van der Waals surface area contributed by atoms with Crippen molar-refractivity contribution >= 4 is 47.0 Å². The lowest BCUT2D eigenvalue weighted by Gasteiger charge is -2.36. The van der Waals surface area contributed by atoms with Gasteiger partial charge in [0.15, 0.2) is 0 Å². The Labute approximate surface area is 247 Å². The number of nitrogens with zero attached hydrogens (tertiary/aromatic N) is 1. The van der Waals surface area contributed by atoms with Gasteiger partial charge < -0.3 is 20.3 Å². The molecule has 2 N–H and O–H groups in total. The van der Waals surface area contributed by atoms with E-state index >= 15 is 0 Å². The van der Waals surface area contributed by atoms with Crippen molar-refractivity contribution < 1.29 is 19.1 Å². The molecule has 3 amide bonds. The maximum atomic E-state index is 14.4. The molecule has 1 fully saturated rings. The molecule has 40 heavy (non-hydrogen) atoms. The van der Waals surface area contributed by atoms with Crippen molar-refractivity contribution in [2.24, 2.45) is 5.92 Å². The van der Waals surface area contributed by atoms with E-state index in [9.17, 15) is 14.4 Å². The van der Waals surface area contributed by atoms with Gasteiger partial charge in [0.25, 0.3) is 5.91 Å². The molecule has 1 aliphatic rings. The summed E-state index contributed by atoms with van der Waals surface area (Å²) in [6, 6.07) is 9.44. The molecule has 1 saturated carbocycles. The lowest BCUT2D eigenvalue weighted by molar-refractivity contribution is -0.141. The maximum Gasteiger partial charge on any atom is 0.408 e. The standard InChI is InChI=1S/C31H42ClN3O4S/c1-18-12-13-19(2)22(16-18)27(28(36)34-26-20(3)10-9-11-23(26)32)35(25-17-21(25)4)29(37)24(14-15-40-8)33-30(38)39-31(5,6)7/h9-13,16,21,24-25,27H,14-15,17H2,1-8H3,(H,33,38)(H,34,36). The van der Waals surface area contributed by atoms with E-state index in [1.54, 1.807) is 43.5 Å². The highest BCUT2D eigenvalue weighted by molar-refractivity contribution is 7.98. The summed E-state index contributed by atoms with van der Waals surface area (Å²) in [6.07, 6.45) is 2.47. The third kappa shape index (κ3) is 8.16. The number of alkyl carbamates (subject to hydrolysis) is 1. The summed E-state index contributed by atoms with van der Waals surface area (Å²) in [7, 11) is 0. The molecule has 9 heteroatoms. The lowest BCUT2D eigenvalue weighted by atomic mass is 9.95. The number of anilines is 1. The van der Waals surface area contributed by atoms with Crippen molar-refractivity contribution in [3.63, 3.8) is 0 Å². The zero-order valence-corrected chi connectivity index (χ0v) is 26.3. The first-order valence-corrected chi connectivity index (χ1v) is 15.4. The number of nitrogens with one attached hydrogen (secondary N) is 2. The summed E-state index contributed by atoms with van der Waals surface area (Å²) < 4.78 is 5.49.